The smallest absolute Gasteiger partial charge is 0.360 e. The van der Waals surface area contributed by atoms with E-state index in [2.05, 4.69) is 14.7 Å². The number of nitrogens with one attached hydrogen (secondary N) is 1. The highest BCUT2D eigenvalue weighted by Gasteiger charge is 2.19. The molecule has 2 aromatic rings. The van der Waals surface area contributed by atoms with E-state index in [-0.39, 0.29) is 5.82 Å². The van der Waals surface area contributed by atoms with Crippen LogP contribution in [0, 0.1) is 0 Å². The van der Waals surface area contributed by atoms with Gasteiger partial charge in [-0.1, -0.05) is 0 Å². The van der Waals surface area contributed by atoms with Gasteiger partial charge in [-0.25, -0.2) is 9.78 Å². The maximum atomic E-state index is 11.5. The van der Waals surface area contributed by atoms with E-state index in [0.29, 0.717) is 11.3 Å². The van der Waals surface area contributed by atoms with Crippen molar-refractivity contribution in [3.05, 3.63) is 26.8 Å². The molecule has 0 radical (unpaired) electrons. The van der Waals surface area contributed by atoms with E-state index < -0.39 is 23.0 Å². The molecule has 0 aromatic carbocycles. The van der Waals surface area contributed by atoms with Crippen molar-refractivity contribution in [2.24, 2.45) is 0 Å². The van der Waals surface area contributed by atoms with Gasteiger partial charge in [-0.2, -0.15) is 0 Å². The van der Waals surface area contributed by atoms with Crippen molar-refractivity contribution in [1.29, 1.82) is 0 Å². The number of carbonyl (C=O) groups is 1. The molecular formula is C10H9N3O4S. The number of nitrogens with two attached hydrogens (primary N) is 1. The Labute approximate surface area is 105 Å². The Morgan fingerprint density at radius 1 is 1.56 bits per heavy atom. The van der Waals surface area contributed by atoms with Gasteiger partial charge in [0, 0.05) is 10.8 Å². The van der Waals surface area contributed by atoms with Gasteiger partial charge in [0.15, 0.2) is 5.69 Å². The number of aromatic nitrogens is 2. The summed E-state index contributed by atoms with van der Waals surface area (Å²) in [5.74, 6) is -1.56. The van der Waals surface area contributed by atoms with Gasteiger partial charge in [0.1, 0.15) is 5.82 Å². The first kappa shape index (κ1) is 12.1. The molecule has 0 amide bonds. The van der Waals surface area contributed by atoms with E-state index in [0.717, 1.165) is 7.11 Å². The summed E-state index contributed by atoms with van der Waals surface area (Å²) >= 11 is 1.33. The molecule has 94 valence electrons. The standard InChI is InChI=1S/C10H9N3O4S/c1-17-10(16)6-7(14)9(15)13-8(12-6)4-2-18-3-5(4)11/h2-3,14H,11H2,1H3,(H,12,13,15). The third kappa shape index (κ3) is 1.93. The molecule has 0 atom stereocenters. The Balaban J connectivity index is 2.65. The molecule has 0 aliphatic heterocycles. The number of aromatic amines is 1. The van der Waals surface area contributed by atoms with Crippen LogP contribution in [-0.2, 0) is 4.74 Å². The highest BCUT2D eigenvalue weighted by molar-refractivity contribution is 7.08. The zero-order valence-electron chi connectivity index (χ0n) is 9.26. The van der Waals surface area contributed by atoms with Crippen LogP contribution in [-0.4, -0.2) is 28.2 Å². The predicted octanol–water partition coefficient (Wildman–Crippen LogP) is 0.573. The Kier molecular flexibility index (Phi) is 3.02. The van der Waals surface area contributed by atoms with E-state index in [4.69, 9.17) is 5.73 Å². The van der Waals surface area contributed by atoms with Gasteiger partial charge in [-0.15, -0.1) is 11.3 Å². The van der Waals surface area contributed by atoms with Crippen molar-refractivity contribution in [1.82, 2.24) is 9.97 Å². The normalized spacial score (nSPS) is 10.3. The van der Waals surface area contributed by atoms with Crippen LogP contribution in [0.15, 0.2) is 15.6 Å². The number of rotatable bonds is 2. The maximum Gasteiger partial charge on any atom is 0.360 e. The fraction of sp³-hybridized carbons (Fsp3) is 0.100. The molecule has 0 saturated heterocycles. The summed E-state index contributed by atoms with van der Waals surface area (Å²) in [5.41, 5.74) is 5.33. The van der Waals surface area contributed by atoms with E-state index in [1.807, 2.05) is 0 Å². The van der Waals surface area contributed by atoms with Gasteiger partial charge in [0.2, 0.25) is 5.75 Å². The number of esters is 1. The molecule has 2 aromatic heterocycles. The minimum Gasteiger partial charge on any atom is -0.501 e. The molecule has 7 nitrogen and oxygen atoms in total. The summed E-state index contributed by atoms with van der Waals surface area (Å²) in [7, 11) is 1.13. The second kappa shape index (κ2) is 4.49. The van der Waals surface area contributed by atoms with Gasteiger partial charge < -0.3 is 20.6 Å². The summed E-state index contributed by atoms with van der Waals surface area (Å²) in [6.07, 6.45) is 0. The molecule has 8 heteroatoms. The number of carbonyl (C=O) groups excluding carboxylic acids is 1. The highest BCUT2D eigenvalue weighted by Crippen LogP contribution is 2.26. The molecule has 2 rings (SSSR count). The number of nitrogen functional groups attached to an aromatic ring is 1. The lowest BCUT2D eigenvalue weighted by molar-refractivity contribution is 0.0590. The molecule has 0 saturated carbocycles. The topological polar surface area (TPSA) is 118 Å². The van der Waals surface area contributed by atoms with Crippen LogP contribution in [0.1, 0.15) is 10.5 Å². The van der Waals surface area contributed by atoms with Gasteiger partial charge in [-0.05, 0) is 0 Å². The molecule has 0 spiro atoms. The van der Waals surface area contributed by atoms with E-state index in [1.54, 1.807) is 10.8 Å². The lowest BCUT2D eigenvalue weighted by Gasteiger charge is -2.04. The zero-order chi connectivity index (χ0) is 13.3. The Hall–Kier alpha value is -2.35. The summed E-state index contributed by atoms with van der Waals surface area (Å²) in [5, 5.41) is 12.8. The molecule has 0 unspecified atom stereocenters. The third-order valence-corrected chi connectivity index (χ3v) is 2.98. The SMILES string of the molecule is COC(=O)c1nc(-c2cscc2N)[nH]c(=O)c1O. The zero-order valence-corrected chi connectivity index (χ0v) is 10.1. The minimum absolute atomic E-state index is 0.108. The average molecular weight is 267 g/mol. The fourth-order valence-corrected chi connectivity index (χ4v) is 2.06. The van der Waals surface area contributed by atoms with Crippen molar-refractivity contribution >= 4 is 23.0 Å². The summed E-state index contributed by atoms with van der Waals surface area (Å²) in [6, 6.07) is 0. The minimum atomic E-state index is -0.895. The van der Waals surface area contributed by atoms with Gasteiger partial charge >= 0.3 is 5.97 Å². The first-order valence-corrected chi connectivity index (χ1v) is 5.72. The highest BCUT2D eigenvalue weighted by atomic mass is 32.1. The van der Waals surface area contributed by atoms with Crippen molar-refractivity contribution in [3.63, 3.8) is 0 Å². The number of hydrogen-bond acceptors (Lipinski definition) is 7. The van der Waals surface area contributed by atoms with Crippen molar-refractivity contribution in [2.45, 2.75) is 0 Å². The van der Waals surface area contributed by atoms with Gasteiger partial charge in [0.05, 0.1) is 18.4 Å². The number of hydrogen-bond donors (Lipinski definition) is 3. The van der Waals surface area contributed by atoms with Crippen LogP contribution in [0.4, 0.5) is 5.69 Å². The number of aromatic hydroxyl groups is 1. The average Bonchev–Trinajstić information content (AvgIpc) is 2.78. The lowest BCUT2D eigenvalue weighted by Crippen LogP contribution is -2.16. The molecule has 18 heavy (non-hydrogen) atoms. The van der Waals surface area contributed by atoms with Gasteiger partial charge in [0.25, 0.3) is 5.56 Å². The van der Waals surface area contributed by atoms with Crippen molar-refractivity contribution in [3.8, 4) is 17.1 Å². The van der Waals surface area contributed by atoms with Crippen LogP contribution >= 0.6 is 11.3 Å². The monoisotopic (exact) mass is 267 g/mol. The number of methoxy groups -OCH3 is 1. The molecule has 0 fully saturated rings. The Morgan fingerprint density at radius 3 is 2.83 bits per heavy atom. The third-order valence-electron chi connectivity index (χ3n) is 2.22. The number of H-pyrrole nitrogens is 1. The first-order chi connectivity index (χ1) is 8.54. The van der Waals surface area contributed by atoms with E-state index >= 15 is 0 Å². The molecular weight excluding hydrogens is 258 g/mol. The Morgan fingerprint density at radius 2 is 2.28 bits per heavy atom. The summed E-state index contributed by atoms with van der Waals surface area (Å²) in [6.45, 7) is 0. The molecule has 0 aliphatic carbocycles. The number of anilines is 1. The van der Waals surface area contributed by atoms with Crippen LogP contribution in [0.5, 0.6) is 5.75 Å². The first-order valence-electron chi connectivity index (χ1n) is 4.78. The number of ether oxygens (including phenoxy) is 1. The maximum absolute atomic E-state index is 11.5. The van der Waals surface area contributed by atoms with Crippen LogP contribution in [0.3, 0.4) is 0 Å². The van der Waals surface area contributed by atoms with E-state index in [1.165, 1.54) is 11.3 Å². The molecule has 2 heterocycles. The molecule has 4 N–H and O–H groups in total. The van der Waals surface area contributed by atoms with Crippen molar-refractivity contribution < 1.29 is 14.6 Å². The van der Waals surface area contributed by atoms with Gasteiger partial charge in [-0.3, -0.25) is 4.79 Å². The van der Waals surface area contributed by atoms with Crippen molar-refractivity contribution in [2.75, 3.05) is 12.8 Å². The van der Waals surface area contributed by atoms with Crippen LogP contribution in [0.25, 0.3) is 11.4 Å². The molecule has 0 aliphatic rings. The largest absolute Gasteiger partial charge is 0.501 e. The number of thiophene rings is 1. The molecule has 0 bridgehead atoms. The van der Waals surface area contributed by atoms with E-state index in [9.17, 15) is 14.7 Å². The Bertz CT molecular complexity index is 661. The summed E-state index contributed by atoms with van der Waals surface area (Å²) < 4.78 is 4.43. The predicted molar refractivity (Wildman–Crippen MR) is 65.6 cm³/mol. The lowest BCUT2D eigenvalue weighted by atomic mass is 10.2. The van der Waals surface area contributed by atoms with Crippen LogP contribution in [0.2, 0.25) is 0 Å². The quantitative estimate of drug-likeness (QED) is 0.684. The number of nitrogens with zero attached hydrogens (tertiary/aromatic N) is 1. The fourth-order valence-electron chi connectivity index (χ4n) is 1.33. The second-order valence-electron chi connectivity index (χ2n) is 3.34. The second-order valence-corrected chi connectivity index (χ2v) is 4.09. The van der Waals surface area contributed by atoms with Crippen LogP contribution < -0.4 is 11.3 Å². The summed E-state index contributed by atoms with van der Waals surface area (Å²) in [4.78, 5) is 29.1.